The maximum atomic E-state index is 8.66. The summed E-state index contributed by atoms with van der Waals surface area (Å²) in [6, 6.07) is 9.25. The van der Waals surface area contributed by atoms with Gasteiger partial charge in [-0.2, -0.15) is 5.26 Å². The van der Waals surface area contributed by atoms with Crippen LogP contribution < -0.4 is 0 Å². The lowest BCUT2D eigenvalue weighted by atomic mass is 10.0. The summed E-state index contributed by atoms with van der Waals surface area (Å²) in [7, 11) is 0. The number of benzene rings is 1. The molecule has 1 aromatic carbocycles. The fraction of sp³-hybridized carbons (Fsp3) is 0.200. The number of nitriles is 1. The number of rotatable bonds is 2. The van der Waals surface area contributed by atoms with Crippen molar-refractivity contribution in [1.82, 2.24) is 0 Å². The van der Waals surface area contributed by atoms with E-state index < -0.39 is 0 Å². The van der Waals surface area contributed by atoms with Crippen LogP contribution in [0.15, 0.2) is 29.4 Å². The van der Waals surface area contributed by atoms with Crippen molar-refractivity contribution in [3.8, 4) is 6.07 Å². The smallest absolute Gasteiger partial charge is 0.186 e. The molecule has 0 saturated heterocycles. The summed E-state index contributed by atoms with van der Waals surface area (Å²) in [6.07, 6.45) is 0.816. The molecule has 0 bridgehead atoms. The van der Waals surface area contributed by atoms with Gasteiger partial charge >= 0.3 is 0 Å². The van der Waals surface area contributed by atoms with E-state index in [-0.39, 0.29) is 5.71 Å². The normalized spacial score (nSPS) is 10.9. The molecule has 1 rings (SSSR count). The largest absolute Gasteiger partial charge is 0.410 e. The number of oxime groups is 1. The molecule has 0 unspecified atom stereocenters. The molecule has 0 aliphatic carbocycles. The van der Waals surface area contributed by atoms with Crippen LogP contribution in [0.3, 0.4) is 0 Å². The van der Waals surface area contributed by atoms with Gasteiger partial charge in [-0.25, -0.2) is 0 Å². The molecule has 1 N–H and O–H groups in total. The Morgan fingerprint density at radius 1 is 1.54 bits per heavy atom. The standard InChI is InChI=1S/C10H10N2O/c1-2-8-5-3-4-6-9(8)10(7-11)12-13/h3-6,13H,2H2,1H3. The van der Waals surface area contributed by atoms with E-state index in [4.69, 9.17) is 10.5 Å². The summed E-state index contributed by atoms with van der Waals surface area (Å²) in [5.74, 6) is 0. The average Bonchev–Trinajstić information content (AvgIpc) is 2.20. The average molecular weight is 174 g/mol. The van der Waals surface area contributed by atoms with Crippen LogP contribution in [0.4, 0.5) is 0 Å². The highest BCUT2D eigenvalue weighted by atomic mass is 16.4. The molecule has 3 nitrogen and oxygen atoms in total. The molecule has 0 heterocycles. The van der Waals surface area contributed by atoms with Gasteiger partial charge < -0.3 is 5.21 Å². The topological polar surface area (TPSA) is 56.4 Å². The summed E-state index contributed by atoms with van der Waals surface area (Å²) in [5, 5.41) is 20.2. The van der Waals surface area contributed by atoms with Crippen LogP contribution in [0.1, 0.15) is 18.1 Å². The Balaban J connectivity index is 3.22. The molecule has 0 amide bonds. The molecule has 0 spiro atoms. The Morgan fingerprint density at radius 2 is 2.23 bits per heavy atom. The molecule has 66 valence electrons. The van der Waals surface area contributed by atoms with E-state index in [0.29, 0.717) is 5.56 Å². The first kappa shape index (κ1) is 9.27. The van der Waals surface area contributed by atoms with Crippen LogP contribution in [0, 0.1) is 11.3 Å². The van der Waals surface area contributed by atoms with Crippen molar-refractivity contribution in [2.24, 2.45) is 5.16 Å². The quantitative estimate of drug-likeness (QED) is 0.423. The fourth-order valence-corrected chi connectivity index (χ4v) is 1.20. The molecule has 0 aromatic heterocycles. The Hall–Kier alpha value is -1.82. The summed E-state index contributed by atoms with van der Waals surface area (Å²) in [4.78, 5) is 0. The minimum absolute atomic E-state index is 0.0671. The molecule has 0 radical (unpaired) electrons. The third-order valence-corrected chi connectivity index (χ3v) is 1.86. The molecule has 0 aliphatic heterocycles. The van der Waals surface area contributed by atoms with Crippen LogP contribution in [0.25, 0.3) is 0 Å². The van der Waals surface area contributed by atoms with Gasteiger partial charge in [-0.3, -0.25) is 0 Å². The minimum Gasteiger partial charge on any atom is -0.410 e. The van der Waals surface area contributed by atoms with Crippen molar-refractivity contribution in [2.45, 2.75) is 13.3 Å². The van der Waals surface area contributed by atoms with E-state index in [1.165, 1.54) is 0 Å². The van der Waals surface area contributed by atoms with E-state index in [2.05, 4.69) is 5.16 Å². The highest BCUT2D eigenvalue weighted by molar-refractivity contribution is 6.12. The van der Waals surface area contributed by atoms with Crippen LogP contribution in [-0.4, -0.2) is 10.9 Å². The monoisotopic (exact) mass is 174 g/mol. The summed E-state index contributed by atoms with van der Waals surface area (Å²) >= 11 is 0. The van der Waals surface area contributed by atoms with E-state index in [9.17, 15) is 0 Å². The van der Waals surface area contributed by atoms with Crippen LogP contribution in [0.5, 0.6) is 0 Å². The van der Waals surface area contributed by atoms with Gasteiger partial charge in [0.05, 0.1) is 0 Å². The van der Waals surface area contributed by atoms with Gasteiger partial charge in [0, 0.05) is 5.56 Å². The van der Waals surface area contributed by atoms with E-state index in [1.807, 2.05) is 31.2 Å². The second kappa shape index (κ2) is 4.27. The maximum absolute atomic E-state index is 8.66. The highest BCUT2D eigenvalue weighted by Crippen LogP contribution is 2.10. The first-order valence-corrected chi connectivity index (χ1v) is 4.04. The van der Waals surface area contributed by atoms with Crippen LogP contribution in [-0.2, 0) is 6.42 Å². The summed E-state index contributed by atoms with van der Waals surface area (Å²) in [6.45, 7) is 1.99. The van der Waals surface area contributed by atoms with Crippen molar-refractivity contribution in [3.05, 3.63) is 35.4 Å². The number of aryl methyl sites for hydroxylation is 1. The van der Waals surface area contributed by atoms with Crippen molar-refractivity contribution < 1.29 is 5.21 Å². The van der Waals surface area contributed by atoms with Crippen molar-refractivity contribution in [3.63, 3.8) is 0 Å². The van der Waals surface area contributed by atoms with Crippen molar-refractivity contribution in [1.29, 1.82) is 5.26 Å². The Bertz CT molecular complexity index is 363. The lowest BCUT2D eigenvalue weighted by Crippen LogP contribution is -2.01. The van der Waals surface area contributed by atoms with Crippen molar-refractivity contribution in [2.75, 3.05) is 0 Å². The molecule has 1 aromatic rings. The van der Waals surface area contributed by atoms with Crippen LogP contribution >= 0.6 is 0 Å². The second-order valence-electron chi connectivity index (χ2n) is 2.57. The maximum Gasteiger partial charge on any atom is 0.186 e. The highest BCUT2D eigenvalue weighted by Gasteiger charge is 2.06. The SMILES string of the molecule is CCc1ccccc1C(C#N)=NO. The van der Waals surface area contributed by atoms with Gasteiger partial charge in [0.1, 0.15) is 6.07 Å². The van der Waals surface area contributed by atoms with Crippen LogP contribution in [0.2, 0.25) is 0 Å². The molecule has 0 fully saturated rings. The Morgan fingerprint density at radius 3 is 2.77 bits per heavy atom. The summed E-state index contributed by atoms with van der Waals surface area (Å²) < 4.78 is 0. The lowest BCUT2D eigenvalue weighted by molar-refractivity contribution is 0.320. The second-order valence-corrected chi connectivity index (χ2v) is 2.57. The summed E-state index contributed by atoms with van der Waals surface area (Å²) in [5.41, 5.74) is 1.78. The van der Waals surface area contributed by atoms with Gasteiger partial charge in [-0.05, 0) is 12.0 Å². The molecule has 3 heteroatoms. The number of hydrogen-bond acceptors (Lipinski definition) is 3. The van der Waals surface area contributed by atoms with Gasteiger partial charge in [0.15, 0.2) is 5.71 Å². The molecule has 0 atom stereocenters. The van der Waals surface area contributed by atoms with E-state index >= 15 is 0 Å². The fourth-order valence-electron chi connectivity index (χ4n) is 1.20. The molecular formula is C10H10N2O. The predicted molar refractivity (Wildman–Crippen MR) is 49.8 cm³/mol. The zero-order valence-corrected chi connectivity index (χ0v) is 7.36. The third kappa shape index (κ3) is 1.85. The Kier molecular flexibility index (Phi) is 3.04. The van der Waals surface area contributed by atoms with E-state index in [0.717, 1.165) is 12.0 Å². The number of nitrogens with zero attached hydrogens (tertiary/aromatic N) is 2. The zero-order chi connectivity index (χ0) is 9.68. The van der Waals surface area contributed by atoms with E-state index in [1.54, 1.807) is 6.07 Å². The molecule has 13 heavy (non-hydrogen) atoms. The first-order valence-electron chi connectivity index (χ1n) is 4.04. The minimum atomic E-state index is 0.0671. The van der Waals surface area contributed by atoms with Gasteiger partial charge in [0.2, 0.25) is 0 Å². The number of hydrogen-bond donors (Lipinski definition) is 1. The van der Waals surface area contributed by atoms with Gasteiger partial charge in [-0.1, -0.05) is 36.3 Å². The van der Waals surface area contributed by atoms with Gasteiger partial charge in [0.25, 0.3) is 0 Å². The zero-order valence-electron chi connectivity index (χ0n) is 7.36. The van der Waals surface area contributed by atoms with Crippen molar-refractivity contribution >= 4 is 5.71 Å². The Labute approximate surface area is 76.9 Å². The predicted octanol–water partition coefficient (Wildman–Crippen LogP) is 1.95. The first-order chi connectivity index (χ1) is 6.33. The molecule has 0 saturated carbocycles. The molecule has 0 aliphatic rings. The lowest BCUT2D eigenvalue weighted by Gasteiger charge is -2.02. The van der Waals surface area contributed by atoms with Gasteiger partial charge in [-0.15, -0.1) is 0 Å². The third-order valence-electron chi connectivity index (χ3n) is 1.86. The molecular weight excluding hydrogens is 164 g/mol.